The molecule has 0 aliphatic heterocycles. The summed E-state index contributed by atoms with van der Waals surface area (Å²) >= 11 is 0. The monoisotopic (exact) mass is 284 g/mol. The molecule has 2 aromatic carbocycles. The summed E-state index contributed by atoms with van der Waals surface area (Å²) in [6.45, 7) is 4.40. The van der Waals surface area contributed by atoms with Gasteiger partial charge in [0.25, 0.3) is 0 Å². The fourth-order valence-corrected chi connectivity index (χ4v) is 1.94. The summed E-state index contributed by atoms with van der Waals surface area (Å²) < 4.78 is 5.09. The molecule has 4 heteroatoms. The standard InChI is InChI=1S/C17H20N2O2/c1-3-10-21-17(20)13-8-9-16(14(18)11-13)19-15-7-5-4-6-12(15)2/h4-9,11,19H,3,10,18H2,1-2H3. The number of para-hydroxylation sites is 1. The molecule has 0 spiro atoms. The highest BCUT2D eigenvalue weighted by atomic mass is 16.5. The van der Waals surface area contributed by atoms with Crippen LogP contribution in [0.1, 0.15) is 29.3 Å². The molecular formula is C17H20N2O2. The van der Waals surface area contributed by atoms with E-state index >= 15 is 0 Å². The van der Waals surface area contributed by atoms with Crippen molar-refractivity contribution in [2.24, 2.45) is 0 Å². The van der Waals surface area contributed by atoms with Crippen LogP contribution in [0.3, 0.4) is 0 Å². The van der Waals surface area contributed by atoms with Gasteiger partial charge in [-0.25, -0.2) is 4.79 Å². The molecule has 0 bridgehead atoms. The number of nitrogen functional groups attached to an aromatic ring is 1. The first-order valence-corrected chi connectivity index (χ1v) is 7.01. The first-order chi connectivity index (χ1) is 10.1. The summed E-state index contributed by atoms with van der Waals surface area (Å²) in [6.07, 6.45) is 0.800. The van der Waals surface area contributed by atoms with Gasteiger partial charge in [-0.2, -0.15) is 0 Å². The molecule has 21 heavy (non-hydrogen) atoms. The molecular weight excluding hydrogens is 264 g/mol. The molecule has 110 valence electrons. The number of carbonyl (C=O) groups is 1. The molecule has 4 nitrogen and oxygen atoms in total. The second kappa shape index (κ2) is 6.79. The molecule has 0 saturated carbocycles. The predicted octanol–water partition coefficient (Wildman–Crippen LogP) is 3.89. The maximum absolute atomic E-state index is 11.8. The van der Waals surface area contributed by atoms with Gasteiger partial charge in [-0.1, -0.05) is 25.1 Å². The SMILES string of the molecule is CCCOC(=O)c1ccc(Nc2ccccc2C)c(N)c1. The Balaban J connectivity index is 2.16. The lowest BCUT2D eigenvalue weighted by molar-refractivity contribution is 0.0505. The van der Waals surface area contributed by atoms with E-state index in [0.717, 1.165) is 23.4 Å². The average molecular weight is 284 g/mol. The normalized spacial score (nSPS) is 10.2. The van der Waals surface area contributed by atoms with Gasteiger partial charge >= 0.3 is 5.97 Å². The van der Waals surface area contributed by atoms with Crippen molar-refractivity contribution in [2.45, 2.75) is 20.3 Å². The van der Waals surface area contributed by atoms with Crippen molar-refractivity contribution in [1.82, 2.24) is 0 Å². The van der Waals surface area contributed by atoms with Crippen LogP contribution in [-0.4, -0.2) is 12.6 Å². The van der Waals surface area contributed by atoms with E-state index in [1.54, 1.807) is 18.2 Å². The summed E-state index contributed by atoms with van der Waals surface area (Å²) in [5.41, 5.74) is 9.90. The molecule has 0 radical (unpaired) electrons. The number of esters is 1. The third-order valence-corrected chi connectivity index (χ3v) is 3.14. The zero-order chi connectivity index (χ0) is 15.2. The summed E-state index contributed by atoms with van der Waals surface area (Å²) in [5.74, 6) is -0.342. The first-order valence-electron chi connectivity index (χ1n) is 7.01. The van der Waals surface area contributed by atoms with Gasteiger partial charge < -0.3 is 15.8 Å². The Kier molecular flexibility index (Phi) is 4.82. The Morgan fingerprint density at radius 3 is 2.62 bits per heavy atom. The third kappa shape index (κ3) is 3.75. The molecule has 0 aliphatic rings. The van der Waals surface area contributed by atoms with Gasteiger partial charge in [-0.3, -0.25) is 0 Å². The van der Waals surface area contributed by atoms with Crippen LogP contribution in [0, 0.1) is 6.92 Å². The summed E-state index contributed by atoms with van der Waals surface area (Å²) in [4.78, 5) is 11.8. The van der Waals surface area contributed by atoms with Gasteiger partial charge in [0.2, 0.25) is 0 Å². The van der Waals surface area contributed by atoms with Gasteiger partial charge in [0.05, 0.1) is 23.5 Å². The Bertz CT molecular complexity index is 638. The van der Waals surface area contributed by atoms with Crippen molar-refractivity contribution < 1.29 is 9.53 Å². The molecule has 0 fully saturated rings. The smallest absolute Gasteiger partial charge is 0.338 e. The second-order valence-electron chi connectivity index (χ2n) is 4.88. The summed E-state index contributed by atoms with van der Waals surface area (Å²) in [5, 5.41) is 3.27. The fraction of sp³-hybridized carbons (Fsp3) is 0.235. The average Bonchev–Trinajstić information content (AvgIpc) is 2.49. The lowest BCUT2D eigenvalue weighted by Crippen LogP contribution is -2.07. The van der Waals surface area contributed by atoms with Crippen LogP contribution in [-0.2, 0) is 4.74 Å². The first kappa shape index (κ1) is 14.9. The number of benzene rings is 2. The molecule has 0 saturated heterocycles. The van der Waals surface area contributed by atoms with Crippen LogP contribution >= 0.6 is 0 Å². The molecule has 3 N–H and O–H groups in total. The Hall–Kier alpha value is -2.49. The molecule has 0 amide bonds. The van der Waals surface area contributed by atoms with Crippen LogP contribution in [0.5, 0.6) is 0 Å². The molecule has 0 atom stereocenters. The van der Waals surface area contributed by atoms with Crippen molar-refractivity contribution in [1.29, 1.82) is 0 Å². The van der Waals surface area contributed by atoms with Gasteiger partial charge in [-0.05, 0) is 43.2 Å². The number of rotatable bonds is 5. The van der Waals surface area contributed by atoms with E-state index in [1.165, 1.54) is 0 Å². The van der Waals surface area contributed by atoms with E-state index in [9.17, 15) is 4.79 Å². The maximum Gasteiger partial charge on any atom is 0.338 e. The van der Waals surface area contributed by atoms with Crippen LogP contribution < -0.4 is 11.1 Å². The van der Waals surface area contributed by atoms with E-state index in [4.69, 9.17) is 10.5 Å². The quantitative estimate of drug-likeness (QED) is 0.646. The van der Waals surface area contributed by atoms with Gasteiger partial charge in [0, 0.05) is 5.69 Å². The number of ether oxygens (including phenoxy) is 1. The number of hydrogen-bond donors (Lipinski definition) is 2. The summed E-state index contributed by atoms with van der Waals surface area (Å²) in [7, 11) is 0. The number of nitrogens with two attached hydrogens (primary N) is 1. The van der Waals surface area contributed by atoms with Crippen LogP contribution in [0.25, 0.3) is 0 Å². The zero-order valence-corrected chi connectivity index (χ0v) is 12.3. The predicted molar refractivity (Wildman–Crippen MR) is 85.9 cm³/mol. The van der Waals surface area contributed by atoms with E-state index in [2.05, 4.69) is 5.32 Å². The Morgan fingerprint density at radius 2 is 1.95 bits per heavy atom. The largest absolute Gasteiger partial charge is 0.462 e. The van der Waals surface area contributed by atoms with Crippen LogP contribution in [0.15, 0.2) is 42.5 Å². The maximum atomic E-state index is 11.8. The van der Waals surface area contributed by atoms with E-state index < -0.39 is 0 Å². The van der Waals surface area contributed by atoms with E-state index in [1.807, 2.05) is 38.1 Å². The van der Waals surface area contributed by atoms with E-state index in [0.29, 0.717) is 17.9 Å². The number of hydrogen-bond acceptors (Lipinski definition) is 4. The molecule has 0 aliphatic carbocycles. The van der Waals surface area contributed by atoms with E-state index in [-0.39, 0.29) is 5.97 Å². The van der Waals surface area contributed by atoms with Gasteiger partial charge in [-0.15, -0.1) is 0 Å². The minimum Gasteiger partial charge on any atom is -0.462 e. The molecule has 2 aromatic rings. The topological polar surface area (TPSA) is 64.3 Å². The minimum absolute atomic E-state index is 0.342. The van der Waals surface area contributed by atoms with Gasteiger partial charge in [0.15, 0.2) is 0 Å². The van der Waals surface area contributed by atoms with Crippen molar-refractivity contribution in [3.8, 4) is 0 Å². The highest BCUT2D eigenvalue weighted by Gasteiger charge is 2.09. The molecule has 0 heterocycles. The zero-order valence-electron chi connectivity index (χ0n) is 12.3. The van der Waals surface area contributed by atoms with Crippen molar-refractivity contribution in [3.05, 3.63) is 53.6 Å². The lowest BCUT2D eigenvalue weighted by Gasteiger charge is -2.12. The number of aryl methyl sites for hydroxylation is 1. The second-order valence-corrected chi connectivity index (χ2v) is 4.88. The Morgan fingerprint density at radius 1 is 1.19 bits per heavy atom. The number of carbonyl (C=O) groups excluding carboxylic acids is 1. The number of nitrogens with one attached hydrogen (secondary N) is 1. The van der Waals surface area contributed by atoms with Crippen molar-refractivity contribution in [2.75, 3.05) is 17.7 Å². The van der Waals surface area contributed by atoms with Gasteiger partial charge in [0.1, 0.15) is 0 Å². The molecule has 2 rings (SSSR count). The lowest BCUT2D eigenvalue weighted by atomic mass is 10.1. The van der Waals surface area contributed by atoms with Crippen LogP contribution in [0.2, 0.25) is 0 Å². The van der Waals surface area contributed by atoms with Crippen LogP contribution in [0.4, 0.5) is 17.1 Å². The summed E-state index contributed by atoms with van der Waals surface area (Å²) in [6, 6.07) is 13.1. The minimum atomic E-state index is -0.342. The van der Waals surface area contributed by atoms with Crippen molar-refractivity contribution in [3.63, 3.8) is 0 Å². The highest BCUT2D eigenvalue weighted by Crippen LogP contribution is 2.26. The highest BCUT2D eigenvalue weighted by molar-refractivity contribution is 5.92. The Labute approximate surface area is 124 Å². The molecule has 0 aromatic heterocycles. The molecule has 0 unspecified atom stereocenters. The fourth-order valence-electron chi connectivity index (χ4n) is 1.94. The number of anilines is 3. The van der Waals surface area contributed by atoms with Crippen molar-refractivity contribution >= 4 is 23.0 Å². The third-order valence-electron chi connectivity index (χ3n) is 3.14.